The van der Waals surface area contributed by atoms with Gasteiger partial charge < -0.3 is 5.32 Å². The SMILES string of the molecule is Clc1ccncc1Nc1ncncn1. The first-order valence-corrected chi connectivity index (χ1v) is 4.22. The van der Waals surface area contributed by atoms with Crippen LogP contribution in [0.2, 0.25) is 5.02 Å². The van der Waals surface area contributed by atoms with Crippen molar-refractivity contribution in [1.82, 2.24) is 19.9 Å². The maximum atomic E-state index is 5.90. The quantitative estimate of drug-likeness (QED) is 0.812. The summed E-state index contributed by atoms with van der Waals surface area (Å²) in [5, 5.41) is 3.49. The predicted molar refractivity (Wildman–Crippen MR) is 52.4 cm³/mol. The van der Waals surface area contributed by atoms with Crippen LogP contribution in [-0.2, 0) is 0 Å². The normalized spacial score (nSPS) is 9.79. The van der Waals surface area contributed by atoms with Crippen molar-refractivity contribution >= 4 is 23.2 Å². The molecule has 0 unspecified atom stereocenters. The second-order valence-electron chi connectivity index (χ2n) is 2.44. The monoisotopic (exact) mass is 207 g/mol. The lowest BCUT2D eigenvalue weighted by Gasteiger charge is -2.03. The topological polar surface area (TPSA) is 63.6 Å². The lowest BCUT2D eigenvalue weighted by atomic mass is 10.4. The third-order valence-corrected chi connectivity index (χ3v) is 1.84. The maximum absolute atomic E-state index is 5.90. The molecular formula is C8H6ClN5. The van der Waals surface area contributed by atoms with E-state index in [0.717, 1.165) is 0 Å². The second-order valence-corrected chi connectivity index (χ2v) is 2.85. The third-order valence-electron chi connectivity index (χ3n) is 1.51. The van der Waals surface area contributed by atoms with E-state index in [0.29, 0.717) is 16.7 Å². The zero-order chi connectivity index (χ0) is 9.80. The van der Waals surface area contributed by atoms with Crippen molar-refractivity contribution in [3.63, 3.8) is 0 Å². The first kappa shape index (κ1) is 8.83. The molecule has 0 amide bonds. The fraction of sp³-hybridized carbons (Fsp3) is 0. The van der Waals surface area contributed by atoms with Crippen LogP contribution in [-0.4, -0.2) is 19.9 Å². The van der Waals surface area contributed by atoms with Gasteiger partial charge in [0.2, 0.25) is 5.95 Å². The van der Waals surface area contributed by atoms with Crippen LogP contribution in [0.1, 0.15) is 0 Å². The van der Waals surface area contributed by atoms with Crippen LogP contribution in [0.5, 0.6) is 0 Å². The minimum atomic E-state index is 0.440. The van der Waals surface area contributed by atoms with Crippen LogP contribution in [0, 0.1) is 0 Å². The molecule has 0 aromatic carbocycles. The van der Waals surface area contributed by atoms with Gasteiger partial charge in [-0.05, 0) is 6.07 Å². The zero-order valence-corrected chi connectivity index (χ0v) is 7.81. The van der Waals surface area contributed by atoms with Gasteiger partial charge in [-0.15, -0.1) is 0 Å². The summed E-state index contributed by atoms with van der Waals surface area (Å²) in [7, 11) is 0. The summed E-state index contributed by atoms with van der Waals surface area (Å²) in [6, 6.07) is 1.69. The number of nitrogens with zero attached hydrogens (tertiary/aromatic N) is 4. The van der Waals surface area contributed by atoms with Crippen LogP contribution in [0.3, 0.4) is 0 Å². The summed E-state index contributed by atoms with van der Waals surface area (Å²) in [5.41, 5.74) is 0.667. The first-order chi connectivity index (χ1) is 6.86. The molecule has 0 fully saturated rings. The van der Waals surface area contributed by atoms with Crippen LogP contribution < -0.4 is 5.32 Å². The third kappa shape index (κ3) is 1.94. The molecule has 70 valence electrons. The number of hydrogen-bond acceptors (Lipinski definition) is 5. The van der Waals surface area contributed by atoms with Crippen molar-refractivity contribution in [3.05, 3.63) is 36.1 Å². The van der Waals surface area contributed by atoms with E-state index in [-0.39, 0.29) is 0 Å². The fourth-order valence-corrected chi connectivity index (χ4v) is 1.05. The van der Waals surface area contributed by atoms with E-state index in [1.165, 1.54) is 12.7 Å². The molecule has 0 radical (unpaired) electrons. The van der Waals surface area contributed by atoms with Gasteiger partial charge in [0.05, 0.1) is 16.9 Å². The number of anilines is 2. The van der Waals surface area contributed by atoms with Crippen molar-refractivity contribution < 1.29 is 0 Å². The van der Waals surface area contributed by atoms with E-state index >= 15 is 0 Å². The molecule has 5 nitrogen and oxygen atoms in total. The Morgan fingerprint density at radius 1 is 1.14 bits per heavy atom. The van der Waals surface area contributed by atoms with Crippen LogP contribution >= 0.6 is 11.6 Å². The van der Waals surface area contributed by atoms with Crippen molar-refractivity contribution in [2.45, 2.75) is 0 Å². The highest BCUT2D eigenvalue weighted by Gasteiger charge is 2.00. The maximum Gasteiger partial charge on any atom is 0.230 e. The largest absolute Gasteiger partial charge is 0.321 e. The van der Waals surface area contributed by atoms with E-state index in [2.05, 4.69) is 25.3 Å². The van der Waals surface area contributed by atoms with E-state index in [4.69, 9.17) is 11.6 Å². The molecule has 2 heterocycles. The second kappa shape index (κ2) is 3.97. The lowest BCUT2D eigenvalue weighted by Crippen LogP contribution is -1.97. The van der Waals surface area contributed by atoms with Gasteiger partial charge in [-0.3, -0.25) is 4.98 Å². The van der Waals surface area contributed by atoms with Gasteiger partial charge in [0.15, 0.2) is 0 Å². The molecule has 2 rings (SSSR count). The Balaban J connectivity index is 2.24. The highest BCUT2D eigenvalue weighted by Crippen LogP contribution is 2.21. The molecule has 2 aromatic rings. The Hall–Kier alpha value is -1.75. The highest BCUT2D eigenvalue weighted by molar-refractivity contribution is 6.33. The molecule has 1 N–H and O–H groups in total. The van der Waals surface area contributed by atoms with E-state index < -0.39 is 0 Å². The number of halogens is 1. The Morgan fingerprint density at radius 3 is 2.64 bits per heavy atom. The molecule has 0 aliphatic carbocycles. The average Bonchev–Trinajstić information content (AvgIpc) is 2.23. The molecular weight excluding hydrogens is 202 g/mol. The lowest BCUT2D eigenvalue weighted by molar-refractivity contribution is 1.05. The van der Waals surface area contributed by atoms with Crippen LogP contribution in [0.4, 0.5) is 11.6 Å². The predicted octanol–water partition coefficient (Wildman–Crippen LogP) is 1.66. The van der Waals surface area contributed by atoms with Crippen LogP contribution in [0.15, 0.2) is 31.1 Å². The number of aromatic nitrogens is 4. The molecule has 0 saturated carbocycles. The van der Waals surface area contributed by atoms with Crippen LogP contribution in [0.25, 0.3) is 0 Å². The van der Waals surface area contributed by atoms with Crippen molar-refractivity contribution in [1.29, 1.82) is 0 Å². The number of rotatable bonds is 2. The van der Waals surface area contributed by atoms with Crippen molar-refractivity contribution in [2.24, 2.45) is 0 Å². The molecule has 14 heavy (non-hydrogen) atoms. The van der Waals surface area contributed by atoms with Crippen molar-refractivity contribution in [3.8, 4) is 0 Å². The number of pyridine rings is 1. The molecule has 6 heteroatoms. The summed E-state index contributed by atoms with van der Waals surface area (Å²) >= 11 is 5.90. The van der Waals surface area contributed by atoms with E-state index in [9.17, 15) is 0 Å². The van der Waals surface area contributed by atoms with Crippen molar-refractivity contribution in [2.75, 3.05) is 5.32 Å². The summed E-state index contributed by atoms with van der Waals surface area (Å²) in [6.07, 6.45) is 6.02. The average molecular weight is 208 g/mol. The molecule has 0 spiro atoms. The van der Waals surface area contributed by atoms with Gasteiger partial charge in [-0.1, -0.05) is 11.6 Å². The van der Waals surface area contributed by atoms with Gasteiger partial charge in [-0.2, -0.15) is 0 Å². The van der Waals surface area contributed by atoms with Gasteiger partial charge in [0, 0.05) is 6.20 Å². The summed E-state index contributed by atoms with van der Waals surface area (Å²) in [5.74, 6) is 0.440. The first-order valence-electron chi connectivity index (χ1n) is 3.85. The Labute approximate surface area is 85.2 Å². The smallest absolute Gasteiger partial charge is 0.230 e. The fourth-order valence-electron chi connectivity index (χ4n) is 0.894. The molecule has 0 aliphatic rings. The Kier molecular flexibility index (Phi) is 2.51. The number of hydrogen-bond donors (Lipinski definition) is 1. The highest BCUT2D eigenvalue weighted by atomic mass is 35.5. The molecule has 0 saturated heterocycles. The molecule has 2 aromatic heterocycles. The summed E-state index contributed by atoms with van der Waals surface area (Å²) in [4.78, 5) is 15.4. The Bertz CT molecular complexity index is 419. The summed E-state index contributed by atoms with van der Waals surface area (Å²) < 4.78 is 0. The van der Waals surface area contributed by atoms with Gasteiger partial charge in [-0.25, -0.2) is 15.0 Å². The zero-order valence-electron chi connectivity index (χ0n) is 7.05. The minimum absolute atomic E-state index is 0.440. The molecule has 0 atom stereocenters. The van der Waals surface area contributed by atoms with Gasteiger partial charge in [0.25, 0.3) is 0 Å². The molecule has 0 bridgehead atoms. The van der Waals surface area contributed by atoms with E-state index in [1.54, 1.807) is 18.5 Å². The standard InChI is InChI=1S/C8H6ClN5/c9-6-1-2-10-3-7(6)14-8-12-4-11-5-13-8/h1-5H,(H,11,12,13,14). The van der Waals surface area contributed by atoms with E-state index in [1.807, 2.05) is 0 Å². The summed E-state index contributed by atoms with van der Waals surface area (Å²) in [6.45, 7) is 0. The molecule has 0 aliphatic heterocycles. The van der Waals surface area contributed by atoms with Gasteiger partial charge in [0.1, 0.15) is 12.7 Å². The van der Waals surface area contributed by atoms with Gasteiger partial charge >= 0.3 is 0 Å². The Morgan fingerprint density at radius 2 is 1.93 bits per heavy atom. The minimum Gasteiger partial charge on any atom is -0.321 e. The number of nitrogens with one attached hydrogen (secondary N) is 1.